The van der Waals surface area contributed by atoms with Crippen molar-refractivity contribution in [2.24, 2.45) is 0 Å². The number of unbranched alkanes of at least 4 members (excludes halogenated alkanes) is 41. The molecule has 64 heavy (non-hydrogen) atoms. The van der Waals surface area contributed by atoms with Crippen LogP contribution in [0.5, 0.6) is 0 Å². The van der Waals surface area contributed by atoms with Crippen LogP contribution in [-0.4, -0.2) is 47.4 Å². The summed E-state index contributed by atoms with van der Waals surface area (Å²) in [4.78, 5) is 24.6. The van der Waals surface area contributed by atoms with Gasteiger partial charge < -0.3 is 20.3 Å². The molecule has 1 amide bonds. The highest BCUT2D eigenvalue weighted by atomic mass is 16.5. The van der Waals surface area contributed by atoms with Gasteiger partial charge in [0.15, 0.2) is 0 Å². The van der Waals surface area contributed by atoms with Gasteiger partial charge in [-0.3, -0.25) is 9.59 Å². The summed E-state index contributed by atoms with van der Waals surface area (Å²) in [6.45, 7) is 4.94. The molecule has 0 aliphatic rings. The zero-order valence-corrected chi connectivity index (χ0v) is 43.3. The molecule has 6 heteroatoms. The highest BCUT2D eigenvalue weighted by Crippen LogP contribution is 2.17. The van der Waals surface area contributed by atoms with E-state index in [1.165, 1.54) is 238 Å². The second-order valence-corrected chi connectivity index (χ2v) is 20.0. The maximum absolute atomic E-state index is 12.5. The molecule has 0 aliphatic heterocycles. The zero-order chi connectivity index (χ0) is 46.5. The minimum atomic E-state index is -0.672. The van der Waals surface area contributed by atoms with E-state index in [0.717, 1.165) is 51.4 Å². The number of rotatable bonds is 54. The van der Waals surface area contributed by atoms with Gasteiger partial charge in [0.05, 0.1) is 25.4 Å². The first-order valence-corrected chi connectivity index (χ1v) is 28.9. The number of carbonyl (C=O) groups is 2. The fourth-order valence-electron chi connectivity index (χ4n) is 9.11. The summed E-state index contributed by atoms with van der Waals surface area (Å²) in [7, 11) is 0. The Bertz CT molecular complexity index is 955. The van der Waals surface area contributed by atoms with Gasteiger partial charge in [-0.05, 0) is 51.4 Å². The lowest BCUT2D eigenvalue weighted by molar-refractivity contribution is -0.143. The highest BCUT2D eigenvalue weighted by Gasteiger charge is 2.20. The van der Waals surface area contributed by atoms with Gasteiger partial charge in [0.25, 0.3) is 0 Å². The minimum Gasteiger partial charge on any atom is -0.466 e. The first-order valence-electron chi connectivity index (χ1n) is 28.9. The molecule has 3 N–H and O–H groups in total. The molecule has 0 saturated carbocycles. The number of carbonyl (C=O) groups excluding carboxylic acids is 2. The van der Waals surface area contributed by atoms with Gasteiger partial charge in [0.2, 0.25) is 5.91 Å². The fraction of sp³-hybridized carbons (Fsp3) is 0.931. The summed E-state index contributed by atoms with van der Waals surface area (Å²) in [5.41, 5.74) is 0. The van der Waals surface area contributed by atoms with Crippen LogP contribution in [0.2, 0.25) is 0 Å². The van der Waals surface area contributed by atoms with E-state index in [4.69, 9.17) is 4.74 Å². The van der Waals surface area contributed by atoms with Gasteiger partial charge in [0.1, 0.15) is 0 Å². The van der Waals surface area contributed by atoms with Crippen molar-refractivity contribution in [3.63, 3.8) is 0 Å². The number of aliphatic hydroxyl groups excluding tert-OH is 2. The van der Waals surface area contributed by atoms with E-state index in [2.05, 4.69) is 31.3 Å². The van der Waals surface area contributed by atoms with Crippen molar-refractivity contribution in [1.82, 2.24) is 5.32 Å². The molecule has 0 spiro atoms. The Hall–Kier alpha value is -1.40. The Morgan fingerprint density at radius 1 is 0.422 bits per heavy atom. The van der Waals surface area contributed by atoms with Crippen LogP contribution in [0, 0.1) is 0 Å². The van der Waals surface area contributed by atoms with Crippen LogP contribution in [0.3, 0.4) is 0 Å². The van der Waals surface area contributed by atoms with E-state index in [9.17, 15) is 19.8 Å². The number of allylic oxidation sites excluding steroid dienone is 2. The summed E-state index contributed by atoms with van der Waals surface area (Å²) in [6, 6.07) is -0.551. The van der Waals surface area contributed by atoms with Crippen LogP contribution in [0.25, 0.3) is 0 Å². The van der Waals surface area contributed by atoms with Crippen molar-refractivity contribution in [1.29, 1.82) is 0 Å². The number of esters is 1. The Balaban J connectivity index is 3.43. The molecule has 0 radical (unpaired) electrons. The molecule has 0 saturated heterocycles. The average molecular weight is 905 g/mol. The third-order valence-electron chi connectivity index (χ3n) is 13.6. The van der Waals surface area contributed by atoms with Crippen LogP contribution in [0.1, 0.15) is 322 Å². The van der Waals surface area contributed by atoms with Gasteiger partial charge >= 0.3 is 5.97 Å². The van der Waals surface area contributed by atoms with Crippen LogP contribution in [0.15, 0.2) is 12.2 Å². The molecular weight excluding hydrogens is 791 g/mol. The summed E-state index contributed by atoms with van der Waals surface area (Å²) in [6.07, 6.45) is 63.3. The molecule has 0 heterocycles. The third kappa shape index (κ3) is 50.0. The maximum Gasteiger partial charge on any atom is 0.305 e. The van der Waals surface area contributed by atoms with Crippen molar-refractivity contribution in [2.75, 3.05) is 13.2 Å². The zero-order valence-electron chi connectivity index (χ0n) is 43.3. The van der Waals surface area contributed by atoms with Gasteiger partial charge in [-0.25, -0.2) is 0 Å². The standard InChI is InChI=1S/C58H113NO5/c1-3-5-7-9-11-13-15-17-19-21-22-24-28-32-36-40-44-48-52-58(63)64-53-49-45-41-37-33-29-25-27-31-35-39-43-47-51-57(62)59-55(54-60)56(61)50-46-42-38-34-30-26-23-20-18-16-14-12-10-8-6-4-2/h19,21,55-56,60-61H,3-18,20,22-54H2,1-2H3,(H,59,62)/b21-19-. The molecule has 0 aliphatic carbocycles. The summed E-state index contributed by atoms with van der Waals surface area (Å²) >= 11 is 0. The lowest BCUT2D eigenvalue weighted by Crippen LogP contribution is -2.45. The molecule has 0 fully saturated rings. The molecule has 0 aromatic heterocycles. The Morgan fingerprint density at radius 3 is 1.11 bits per heavy atom. The Labute approximate surface area is 399 Å². The smallest absolute Gasteiger partial charge is 0.305 e. The van der Waals surface area contributed by atoms with E-state index in [1.807, 2.05) is 0 Å². The largest absolute Gasteiger partial charge is 0.466 e. The number of hydrogen-bond acceptors (Lipinski definition) is 5. The third-order valence-corrected chi connectivity index (χ3v) is 13.6. The predicted molar refractivity (Wildman–Crippen MR) is 278 cm³/mol. The lowest BCUT2D eigenvalue weighted by atomic mass is 10.0. The second-order valence-electron chi connectivity index (χ2n) is 20.0. The first-order chi connectivity index (χ1) is 31.5. The van der Waals surface area contributed by atoms with Crippen molar-refractivity contribution in [2.45, 2.75) is 334 Å². The molecular formula is C58H113NO5. The van der Waals surface area contributed by atoms with E-state index < -0.39 is 12.1 Å². The van der Waals surface area contributed by atoms with Crippen LogP contribution in [0.4, 0.5) is 0 Å². The van der Waals surface area contributed by atoms with Gasteiger partial charge in [0, 0.05) is 12.8 Å². The summed E-state index contributed by atoms with van der Waals surface area (Å²) in [5.74, 6) is -0.0531. The molecule has 6 nitrogen and oxygen atoms in total. The van der Waals surface area contributed by atoms with Crippen LogP contribution in [-0.2, 0) is 14.3 Å². The van der Waals surface area contributed by atoms with Gasteiger partial charge in [-0.2, -0.15) is 0 Å². The SMILES string of the molecule is CCCCCCCCC/C=C\CCCCCCCCCC(=O)OCCCCCCCCCCCCCCCC(=O)NC(CO)C(O)CCCCCCCCCCCCCCCCCC. The average Bonchev–Trinajstić information content (AvgIpc) is 3.29. The predicted octanol–water partition coefficient (Wildman–Crippen LogP) is 17.7. The fourth-order valence-corrected chi connectivity index (χ4v) is 9.11. The molecule has 380 valence electrons. The monoisotopic (exact) mass is 904 g/mol. The molecule has 2 unspecified atom stereocenters. The normalized spacial score (nSPS) is 12.6. The second kappa shape index (κ2) is 54.2. The summed E-state index contributed by atoms with van der Waals surface area (Å²) < 4.78 is 5.48. The number of nitrogens with one attached hydrogen (secondary N) is 1. The molecule has 2 atom stereocenters. The van der Waals surface area contributed by atoms with Crippen LogP contribution >= 0.6 is 0 Å². The molecule has 0 rings (SSSR count). The number of ether oxygens (including phenoxy) is 1. The quantitative estimate of drug-likeness (QED) is 0.0321. The first kappa shape index (κ1) is 62.6. The highest BCUT2D eigenvalue weighted by molar-refractivity contribution is 5.76. The molecule has 0 aromatic rings. The van der Waals surface area contributed by atoms with Crippen LogP contribution < -0.4 is 5.32 Å². The van der Waals surface area contributed by atoms with Gasteiger partial charge in [-0.15, -0.1) is 0 Å². The van der Waals surface area contributed by atoms with Crippen molar-refractivity contribution in [3.05, 3.63) is 12.2 Å². The van der Waals surface area contributed by atoms with Crippen molar-refractivity contribution in [3.8, 4) is 0 Å². The maximum atomic E-state index is 12.5. The van der Waals surface area contributed by atoms with E-state index in [0.29, 0.717) is 25.9 Å². The van der Waals surface area contributed by atoms with Crippen molar-refractivity contribution >= 4 is 11.9 Å². The van der Waals surface area contributed by atoms with E-state index in [-0.39, 0.29) is 18.5 Å². The number of amides is 1. The topological polar surface area (TPSA) is 95.9 Å². The van der Waals surface area contributed by atoms with Gasteiger partial charge in [-0.1, -0.05) is 270 Å². The Morgan fingerprint density at radius 2 is 0.734 bits per heavy atom. The lowest BCUT2D eigenvalue weighted by Gasteiger charge is -2.22. The van der Waals surface area contributed by atoms with E-state index >= 15 is 0 Å². The molecule has 0 bridgehead atoms. The van der Waals surface area contributed by atoms with E-state index in [1.54, 1.807) is 0 Å². The Kier molecular flexibility index (Phi) is 53.0. The number of hydrogen-bond donors (Lipinski definition) is 3. The number of aliphatic hydroxyl groups is 2. The van der Waals surface area contributed by atoms with Crippen molar-refractivity contribution < 1.29 is 24.5 Å². The molecule has 0 aromatic carbocycles. The minimum absolute atomic E-state index is 0.00752. The summed E-state index contributed by atoms with van der Waals surface area (Å²) in [5, 5.41) is 23.3.